The van der Waals surface area contributed by atoms with E-state index in [1.54, 1.807) is 54.6 Å². The number of nitrogens with one attached hydrogen (secondary N) is 2. The van der Waals surface area contributed by atoms with Crippen molar-refractivity contribution in [3.63, 3.8) is 0 Å². The van der Waals surface area contributed by atoms with Crippen molar-refractivity contribution >= 4 is 46.6 Å². The Morgan fingerprint density at radius 1 is 1.03 bits per heavy atom. The van der Waals surface area contributed by atoms with E-state index in [1.165, 1.54) is 6.08 Å². The molecule has 0 spiro atoms. The van der Waals surface area contributed by atoms with Crippen molar-refractivity contribution < 1.29 is 14.7 Å². The van der Waals surface area contributed by atoms with E-state index in [2.05, 4.69) is 10.6 Å². The Labute approximate surface area is 209 Å². The molecule has 35 heavy (non-hydrogen) atoms. The number of carbonyl (C=O) groups excluding carboxylic acids is 2. The predicted octanol–water partition coefficient (Wildman–Crippen LogP) is 4.32. The Bertz CT molecular complexity index is 1210. The Morgan fingerprint density at radius 2 is 1.74 bits per heavy atom. The molecule has 1 aliphatic rings. The molecule has 2 atom stereocenters. The van der Waals surface area contributed by atoms with Crippen molar-refractivity contribution in [2.45, 2.75) is 18.6 Å². The summed E-state index contributed by atoms with van der Waals surface area (Å²) in [6.07, 6.45) is 3.29. The van der Waals surface area contributed by atoms with Gasteiger partial charge in [0.1, 0.15) is 6.04 Å². The minimum Gasteiger partial charge on any atom is -0.397 e. The number of halogens is 1. The fraction of sp³-hybridized carbons (Fsp3) is 0.185. The molecule has 1 fully saturated rings. The maximum Gasteiger partial charge on any atom is 0.248 e. The first kappa shape index (κ1) is 24.5. The molecule has 4 rings (SSSR count). The third-order valence-electron chi connectivity index (χ3n) is 5.82. The maximum absolute atomic E-state index is 13.2. The Morgan fingerprint density at radius 3 is 2.40 bits per heavy atom. The number of amides is 2. The van der Waals surface area contributed by atoms with Gasteiger partial charge in [-0.25, -0.2) is 0 Å². The molecule has 1 heterocycles. The highest BCUT2D eigenvalue weighted by Gasteiger charge is 2.33. The fourth-order valence-electron chi connectivity index (χ4n) is 4.02. The van der Waals surface area contributed by atoms with Gasteiger partial charge in [-0.05, 0) is 60.0 Å². The topological polar surface area (TPSA) is 108 Å². The van der Waals surface area contributed by atoms with Gasteiger partial charge in [0.15, 0.2) is 0 Å². The third kappa shape index (κ3) is 6.48. The van der Waals surface area contributed by atoms with E-state index in [9.17, 15) is 14.7 Å². The maximum atomic E-state index is 13.2. The molecular weight excluding hydrogens is 464 g/mol. The minimum absolute atomic E-state index is 0.190. The van der Waals surface area contributed by atoms with Crippen LogP contribution < -0.4 is 16.4 Å². The van der Waals surface area contributed by atoms with Gasteiger partial charge >= 0.3 is 0 Å². The number of nitrogens with two attached hydrogens (primary N) is 1. The molecule has 0 radical (unpaired) electrons. The number of nitrogens with zero attached hydrogens (tertiary/aromatic N) is 1. The monoisotopic (exact) mass is 490 g/mol. The first-order valence-electron chi connectivity index (χ1n) is 11.3. The van der Waals surface area contributed by atoms with Crippen LogP contribution in [0.2, 0.25) is 5.02 Å². The zero-order valence-corrected chi connectivity index (χ0v) is 19.8. The number of hydrogen-bond acceptors (Lipinski definition) is 5. The zero-order chi connectivity index (χ0) is 24.8. The molecule has 1 saturated heterocycles. The van der Waals surface area contributed by atoms with E-state index in [0.717, 1.165) is 11.1 Å². The molecule has 180 valence electrons. The Hall–Kier alpha value is -3.65. The number of benzene rings is 3. The van der Waals surface area contributed by atoms with Crippen LogP contribution in [0.5, 0.6) is 0 Å². The van der Waals surface area contributed by atoms with E-state index < -0.39 is 12.1 Å². The number of likely N-dealkylation sites (tertiary alicyclic amines) is 1. The summed E-state index contributed by atoms with van der Waals surface area (Å²) in [7, 11) is 0. The summed E-state index contributed by atoms with van der Waals surface area (Å²) >= 11 is 5.95. The van der Waals surface area contributed by atoms with Crippen LogP contribution in [0, 0.1) is 0 Å². The van der Waals surface area contributed by atoms with Crippen LogP contribution in [0.4, 0.5) is 17.1 Å². The molecule has 0 saturated carbocycles. The van der Waals surface area contributed by atoms with E-state index in [4.69, 9.17) is 17.3 Å². The number of hydrogen-bond donors (Lipinski definition) is 4. The molecule has 2 unspecified atom stereocenters. The number of β-amino-alcohol motifs (C(OH)–C–C–N with tert-alkyl or cyclic N) is 1. The van der Waals surface area contributed by atoms with Gasteiger partial charge in [-0.2, -0.15) is 0 Å². The van der Waals surface area contributed by atoms with Crippen molar-refractivity contribution in [1.29, 1.82) is 0 Å². The predicted molar refractivity (Wildman–Crippen MR) is 140 cm³/mol. The Balaban J connectivity index is 1.47. The second-order valence-electron chi connectivity index (χ2n) is 8.41. The minimum atomic E-state index is -0.565. The molecule has 1 aliphatic heterocycles. The highest BCUT2D eigenvalue weighted by atomic mass is 35.5. The van der Waals surface area contributed by atoms with E-state index in [1.807, 2.05) is 29.2 Å². The molecule has 0 aliphatic carbocycles. The lowest BCUT2D eigenvalue weighted by atomic mass is 10.0. The van der Waals surface area contributed by atoms with E-state index >= 15 is 0 Å². The summed E-state index contributed by atoms with van der Waals surface area (Å²) in [6.45, 7) is 1.04. The quantitative estimate of drug-likeness (QED) is 0.291. The summed E-state index contributed by atoms with van der Waals surface area (Å²) in [5, 5.41) is 16.3. The largest absolute Gasteiger partial charge is 0.397 e. The molecule has 0 bridgehead atoms. The normalized spacial score (nSPS) is 16.8. The SMILES string of the molecule is Nc1ccccc1NC(=O)C=Cc1ccc(C(C(=O)Nc2ccc(Cl)cc2)N2CCC(O)C2)cc1. The summed E-state index contributed by atoms with van der Waals surface area (Å²) in [5.74, 6) is -0.484. The van der Waals surface area contributed by atoms with E-state index in [0.29, 0.717) is 41.6 Å². The van der Waals surface area contributed by atoms with Gasteiger partial charge in [-0.1, -0.05) is 48.0 Å². The standard InChI is InChI=1S/C27H27ClN4O3/c28-20-10-12-21(13-11-20)30-27(35)26(32-16-15-22(33)17-32)19-8-5-18(6-9-19)7-14-25(34)31-24-4-2-1-3-23(24)29/h1-14,22,26,33H,15-17,29H2,(H,30,35)(H,31,34). The highest BCUT2D eigenvalue weighted by molar-refractivity contribution is 6.30. The molecule has 7 nitrogen and oxygen atoms in total. The van der Waals surface area contributed by atoms with Crippen LogP contribution in [-0.2, 0) is 9.59 Å². The molecular formula is C27H27ClN4O3. The number of aliphatic hydroxyl groups is 1. The van der Waals surface area contributed by atoms with Crippen LogP contribution in [0.1, 0.15) is 23.6 Å². The summed E-state index contributed by atoms with van der Waals surface area (Å²) in [6, 6.07) is 20.9. The fourth-order valence-corrected chi connectivity index (χ4v) is 4.15. The molecule has 8 heteroatoms. The van der Waals surface area contributed by atoms with Crippen LogP contribution in [0.25, 0.3) is 6.08 Å². The number of nitrogen functional groups attached to an aromatic ring is 1. The first-order valence-corrected chi connectivity index (χ1v) is 11.7. The average Bonchev–Trinajstić information content (AvgIpc) is 3.27. The number of carbonyl (C=O) groups is 2. The van der Waals surface area contributed by atoms with Crippen molar-refractivity contribution in [1.82, 2.24) is 4.90 Å². The van der Waals surface area contributed by atoms with Gasteiger partial charge < -0.3 is 21.5 Å². The zero-order valence-electron chi connectivity index (χ0n) is 19.0. The molecule has 0 aromatic heterocycles. The van der Waals surface area contributed by atoms with Crippen LogP contribution in [-0.4, -0.2) is 41.0 Å². The van der Waals surface area contributed by atoms with Crippen molar-refractivity contribution in [3.8, 4) is 0 Å². The van der Waals surface area contributed by atoms with Gasteiger partial charge in [0, 0.05) is 29.9 Å². The Kier molecular flexibility index (Phi) is 7.82. The smallest absolute Gasteiger partial charge is 0.248 e. The summed E-state index contributed by atoms with van der Waals surface area (Å²) in [5.41, 5.74) is 9.16. The molecule has 5 N–H and O–H groups in total. The second kappa shape index (κ2) is 11.2. The van der Waals surface area contributed by atoms with Gasteiger partial charge in [0.25, 0.3) is 0 Å². The molecule has 2 amide bonds. The lowest BCUT2D eigenvalue weighted by molar-refractivity contribution is -0.121. The number of para-hydroxylation sites is 2. The highest BCUT2D eigenvalue weighted by Crippen LogP contribution is 2.28. The van der Waals surface area contributed by atoms with Gasteiger partial charge in [0.05, 0.1) is 17.5 Å². The van der Waals surface area contributed by atoms with E-state index in [-0.39, 0.29) is 11.8 Å². The van der Waals surface area contributed by atoms with Crippen molar-refractivity contribution in [2.75, 3.05) is 29.5 Å². The van der Waals surface area contributed by atoms with Crippen molar-refractivity contribution in [3.05, 3.63) is 95.0 Å². The summed E-state index contributed by atoms with van der Waals surface area (Å²) in [4.78, 5) is 27.5. The lowest BCUT2D eigenvalue weighted by Gasteiger charge is -2.27. The summed E-state index contributed by atoms with van der Waals surface area (Å²) < 4.78 is 0. The van der Waals surface area contributed by atoms with Crippen LogP contribution in [0.15, 0.2) is 78.9 Å². The number of anilines is 3. The average molecular weight is 491 g/mol. The molecule has 3 aromatic carbocycles. The van der Waals surface area contributed by atoms with Crippen molar-refractivity contribution in [2.24, 2.45) is 0 Å². The van der Waals surface area contributed by atoms with Crippen LogP contribution in [0.3, 0.4) is 0 Å². The third-order valence-corrected chi connectivity index (χ3v) is 6.07. The molecule has 3 aromatic rings. The lowest BCUT2D eigenvalue weighted by Crippen LogP contribution is -2.36. The first-order chi connectivity index (χ1) is 16.9. The van der Waals surface area contributed by atoms with Crippen LogP contribution >= 0.6 is 11.6 Å². The van der Waals surface area contributed by atoms with Gasteiger partial charge in [0.2, 0.25) is 11.8 Å². The van der Waals surface area contributed by atoms with Gasteiger partial charge in [-0.15, -0.1) is 0 Å². The van der Waals surface area contributed by atoms with Gasteiger partial charge in [-0.3, -0.25) is 14.5 Å². The number of rotatable bonds is 7. The number of aliphatic hydroxyl groups excluding tert-OH is 1. The second-order valence-corrected chi connectivity index (χ2v) is 8.85.